The molecule has 64 valence electrons. The lowest BCUT2D eigenvalue weighted by atomic mass is 10.1. The molecule has 0 saturated carbocycles. The van der Waals surface area contributed by atoms with Crippen molar-refractivity contribution in [2.24, 2.45) is 5.73 Å². The van der Waals surface area contributed by atoms with Gasteiger partial charge < -0.3 is 11.1 Å². The van der Waals surface area contributed by atoms with Crippen LogP contribution in [0.5, 0.6) is 0 Å². The zero-order chi connectivity index (χ0) is 9.14. The Hall–Kier alpha value is -1.54. The molecule has 3 amide bonds. The van der Waals surface area contributed by atoms with E-state index in [4.69, 9.17) is 12.2 Å². The topological polar surface area (TPSA) is 84.2 Å². The van der Waals surface area contributed by atoms with Crippen molar-refractivity contribution in [3.05, 3.63) is 0 Å². The molecule has 1 fully saturated rings. The predicted molar refractivity (Wildman–Crippen MR) is 41.9 cm³/mol. The van der Waals surface area contributed by atoms with E-state index in [2.05, 4.69) is 16.6 Å². The number of terminal acetylenes is 1. The van der Waals surface area contributed by atoms with Gasteiger partial charge in [-0.1, -0.05) is 0 Å². The number of carbonyl (C=O) groups excluding carboxylic acids is 2. The molecule has 4 N–H and O–H groups in total. The first-order chi connectivity index (χ1) is 5.65. The Bertz CT molecular complexity index is 256. The molecule has 5 nitrogen and oxygen atoms in total. The van der Waals surface area contributed by atoms with Gasteiger partial charge in [0.15, 0.2) is 0 Å². The first-order valence-corrected chi connectivity index (χ1v) is 3.45. The van der Waals surface area contributed by atoms with Crippen LogP contribution in [-0.2, 0) is 4.79 Å². The molecular weight excluding hydrogens is 158 g/mol. The van der Waals surface area contributed by atoms with Crippen molar-refractivity contribution in [2.75, 3.05) is 0 Å². The van der Waals surface area contributed by atoms with Crippen molar-refractivity contribution in [2.45, 2.75) is 18.5 Å². The van der Waals surface area contributed by atoms with E-state index in [1.807, 2.05) is 0 Å². The number of amides is 3. The smallest absolute Gasteiger partial charge is 0.322 e. The largest absolute Gasteiger partial charge is 0.325 e. The van der Waals surface area contributed by atoms with Crippen LogP contribution in [0.1, 0.15) is 6.42 Å². The van der Waals surface area contributed by atoms with Crippen LogP contribution in [0.15, 0.2) is 0 Å². The van der Waals surface area contributed by atoms with E-state index >= 15 is 0 Å². The highest BCUT2D eigenvalue weighted by molar-refractivity contribution is 6.04. The highest BCUT2D eigenvalue weighted by Crippen LogP contribution is 2.00. The fraction of sp³-hybridized carbons (Fsp3) is 0.429. The van der Waals surface area contributed by atoms with Crippen LogP contribution in [0.25, 0.3) is 0 Å². The van der Waals surface area contributed by atoms with Crippen molar-refractivity contribution in [1.29, 1.82) is 0 Å². The first kappa shape index (κ1) is 8.56. The van der Waals surface area contributed by atoms with Gasteiger partial charge in [0.2, 0.25) is 0 Å². The van der Waals surface area contributed by atoms with Crippen molar-refractivity contribution in [1.82, 2.24) is 10.6 Å². The van der Waals surface area contributed by atoms with E-state index in [0.717, 1.165) is 0 Å². The molecule has 1 saturated heterocycles. The number of rotatable bonds is 2. The molecule has 1 heterocycles. The van der Waals surface area contributed by atoms with Crippen LogP contribution in [0.4, 0.5) is 4.79 Å². The SMILES string of the molecule is C#CCC(N)C1NC(=O)NC1=O. The van der Waals surface area contributed by atoms with E-state index in [1.165, 1.54) is 0 Å². The highest BCUT2D eigenvalue weighted by atomic mass is 16.2. The number of urea groups is 1. The molecule has 1 aliphatic heterocycles. The number of nitrogens with one attached hydrogen (secondary N) is 2. The standard InChI is InChI=1S/C7H9N3O2/c1-2-3-4(8)5-6(11)10-7(12)9-5/h1,4-5H,3,8H2,(H2,9,10,11,12). The molecule has 0 aromatic heterocycles. The van der Waals surface area contributed by atoms with Gasteiger partial charge >= 0.3 is 6.03 Å². The normalized spacial score (nSPS) is 24.2. The molecule has 0 spiro atoms. The van der Waals surface area contributed by atoms with Crippen LogP contribution >= 0.6 is 0 Å². The number of imide groups is 1. The lowest BCUT2D eigenvalue weighted by Gasteiger charge is -2.12. The summed E-state index contributed by atoms with van der Waals surface area (Å²) in [6.45, 7) is 0. The van der Waals surface area contributed by atoms with Crippen LogP contribution in [0, 0.1) is 12.3 Å². The summed E-state index contributed by atoms with van der Waals surface area (Å²) in [5, 5.41) is 4.44. The summed E-state index contributed by atoms with van der Waals surface area (Å²) in [5.74, 6) is 1.91. The monoisotopic (exact) mass is 167 g/mol. The fourth-order valence-electron chi connectivity index (χ4n) is 0.988. The minimum Gasteiger partial charge on any atom is -0.325 e. The average Bonchev–Trinajstić information content (AvgIpc) is 2.30. The number of hydrogen-bond acceptors (Lipinski definition) is 3. The minimum absolute atomic E-state index is 0.262. The summed E-state index contributed by atoms with van der Waals surface area (Å²) in [6, 6.07) is -1.72. The molecule has 0 aliphatic carbocycles. The zero-order valence-corrected chi connectivity index (χ0v) is 6.33. The summed E-state index contributed by atoms with van der Waals surface area (Å²) in [4.78, 5) is 21.6. The van der Waals surface area contributed by atoms with Crippen molar-refractivity contribution in [3.8, 4) is 12.3 Å². The number of nitrogens with two attached hydrogens (primary N) is 1. The quantitative estimate of drug-likeness (QED) is 0.347. The second-order valence-corrected chi connectivity index (χ2v) is 2.51. The molecule has 1 rings (SSSR count). The van der Waals surface area contributed by atoms with Gasteiger partial charge in [0.25, 0.3) is 5.91 Å². The molecule has 1 aliphatic rings. The first-order valence-electron chi connectivity index (χ1n) is 3.45. The van der Waals surface area contributed by atoms with Crippen LogP contribution in [-0.4, -0.2) is 24.0 Å². The maximum absolute atomic E-state index is 11.0. The third kappa shape index (κ3) is 1.54. The third-order valence-electron chi connectivity index (χ3n) is 1.59. The Morgan fingerprint density at radius 3 is 2.75 bits per heavy atom. The van der Waals surface area contributed by atoms with Gasteiger partial charge in [-0.3, -0.25) is 10.1 Å². The minimum atomic E-state index is -0.687. The van der Waals surface area contributed by atoms with Gasteiger partial charge in [-0.15, -0.1) is 12.3 Å². The summed E-state index contributed by atoms with van der Waals surface area (Å²) in [6.07, 6.45) is 5.26. The third-order valence-corrected chi connectivity index (χ3v) is 1.59. The van der Waals surface area contributed by atoms with E-state index in [1.54, 1.807) is 0 Å². The van der Waals surface area contributed by atoms with Crippen molar-refractivity contribution < 1.29 is 9.59 Å². The van der Waals surface area contributed by atoms with Gasteiger partial charge in [0.05, 0.1) is 0 Å². The second-order valence-electron chi connectivity index (χ2n) is 2.51. The zero-order valence-electron chi connectivity index (χ0n) is 6.33. The lowest BCUT2D eigenvalue weighted by molar-refractivity contribution is -0.120. The van der Waals surface area contributed by atoms with E-state index in [0.29, 0.717) is 0 Å². The number of hydrogen-bond donors (Lipinski definition) is 3. The van der Waals surface area contributed by atoms with E-state index in [9.17, 15) is 9.59 Å². The van der Waals surface area contributed by atoms with Crippen molar-refractivity contribution in [3.63, 3.8) is 0 Å². The maximum atomic E-state index is 11.0. The number of carbonyl (C=O) groups is 2. The Balaban J connectivity index is 2.59. The van der Waals surface area contributed by atoms with E-state index < -0.39 is 24.0 Å². The summed E-state index contributed by atoms with van der Waals surface area (Å²) < 4.78 is 0. The summed E-state index contributed by atoms with van der Waals surface area (Å²) in [7, 11) is 0. The molecule has 0 bridgehead atoms. The molecule has 0 aromatic carbocycles. The maximum Gasteiger partial charge on any atom is 0.322 e. The fourth-order valence-corrected chi connectivity index (χ4v) is 0.988. The lowest BCUT2D eigenvalue weighted by Crippen LogP contribution is -2.45. The van der Waals surface area contributed by atoms with E-state index in [-0.39, 0.29) is 6.42 Å². The summed E-state index contributed by atoms with van der Waals surface area (Å²) >= 11 is 0. The van der Waals surface area contributed by atoms with Crippen LogP contribution in [0.3, 0.4) is 0 Å². The highest BCUT2D eigenvalue weighted by Gasteiger charge is 2.33. The van der Waals surface area contributed by atoms with Gasteiger partial charge in [0.1, 0.15) is 6.04 Å². The predicted octanol–water partition coefficient (Wildman–Crippen LogP) is -1.45. The van der Waals surface area contributed by atoms with Gasteiger partial charge in [-0.25, -0.2) is 4.79 Å². The Kier molecular flexibility index (Phi) is 2.31. The van der Waals surface area contributed by atoms with Crippen molar-refractivity contribution >= 4 is 11.9 Å². The molecular formula is C7H9N3O2. The van der Waals surface area contributed by atoms with Crippen LogP contribution < -0.4 is 16.4 Å². The molecule has 2 atom stereocenters. The van der Waals surface area contributed by atoms with Gasteiger partial charge in [-0.2, -0.15) is 0 Å². The second kappa shape index (κ2) is 3.24. The molecule has 12 heavy (non-hydrogen) atoms. The Labute approximate surface area is 69.7 Å². The Morgan fingerprint density at radius 1 is 1.67 bits per heavy atom. The summed E-state index contributed by atoms with van der Waals surface area (Å²) in [5.41, 5.74) is 5.52. The molecule has 2 unspecified atom stereocenters. The average molecular weight is 167 g/mol. The van der Waals surface area contributed by atoms with Crippen LogP contribution in [0.2, 0.25) is 0 Å². The molecule has 0 aromatic rings. The molecule has 0 radical (unpaired) electrons. The van der Waals surface area contributed by atoms with Gasteiger partial charge in [0, 0.05) is 12.5 Å². The van der Waals surface area contributed by atoms with Gasteiger partial charge in [-0.05, 0) is 0 Å². The Morgan fingerprint density at radius 2 is 2.33 bits per heavy atom. The molecule has 5 heteroatoms.